The van der Waals surface area contributed by atoms with Crippen LogP contribution in [0.25, 0.3) is 0 Å². The fraction of sp³-hybridized carbons (Fsp3) is 0.364. The second-order valence-electron chi connectivity index (χ2n) is 3.87. The maximum atomic E-state index is 11.6. The fourth-order valence-electron chi connectivity index (χ4n) is 1.44. The average Bonchev–Trinajstić information content (AvgIpc) is 2.28. The number of amides is 1. The van der Waals surface area contributed by atoms with Gasteiger partial charge in [-0.1, -0.05) is 12.1 Å². The van der Waals surface area contributed by atoms with Crippen molar-refractivity contribution in [1.82, 2.24) is 4.90 Å². The lowest BCUT2D eigenvalue weighted by atomic mass is 10.2. The predicted molar refractivity (Wildman–Crippen MR) is 64.9 cm³/mol. The van der Waals surface area contributed by atoms with Crippen molar-refractivity contribution in [3.8, 4) is 0 Å². The number of anilines is 1. The number of hydrogen-bond donors (Lipinski definition) is 1. The van der Waals surface area contributed by atoms with Crippen LogP contribution in [0.15, 0.2) is 24.3 Å². The van der Waals surface area contributed by atoms with Crippen LogP contribution in [0.4, 0.5) is 11.4 Å². The normalized spacial score (nSPS) is 11.7. The first-order chi connectivity index (χ1) is 7.93. The standard InChI is InChI=1S/C11H15N3O3/c1-8(11(15)13(2)3)12-9-6-4-5-7-10(9)14(16)17/h4-8,12H,1-3H3/t8-/m0/s1. The topological polar surface area (TPSA) is 75.5 Å². The lowest BCUT2D eigenvalue weighted by Crippen LogP contribution is -2.36. The van der Waals surface area contributed by atoms with Crippen LogP contribution in [0.1, 0.15) is 6.92 Å². The van der Waals surface area contributed by atoms with Crippen molar-refractivity contribution in [1.29, 1.82) is 0 Å². The van der Waals surface area contributed by atoms with E-state index in [0.29, 0.717) is 5.69 Å². The molecule has 0 fully saturated rings. The highest BCUT2D eigenvalue weighted by Gasteiger charge is 2.19. The molecule has 17 heavy (non-hydrogen) atoms. The second kappa shape index (κ2) is 5.29. The molecule has 1 N–H and O–H groups in total. The maximum absolute atomic E-state index is 11.6. The van der Waals surface area contributed by atoms with E-state index in [2.05, 4.69) is 5.32 Å². The third-order valence-corrected chi connectivity index (χ3v) is 2.28. The molecular weight excluding hydrogens is 222 g/mol. The Morgan fingerprint density at radius 3 is 2.53 bits per heavy atom. The Balaban J connectivity index is 2.88. The molecule has 0 unspecified atom stereocenters. The number of hydrogen-bond acceptors (Lipinski definition) is 4. The van der Waals surface area contributed by atoms with Crippen LogP contribution < -0.4 is 5.32 Å². The largest absolute Gasteiger partial charge is 0.368 e. The zero-order valence-electron chi connectivity index (χ0n) is 10.0. The molecule has 0 aliphatic rings. The van der Waals surface area contributed by atoms with Gasteiger partial charge in [-0.05, 0) is 13.0 Å². The van der Waals surface area contributed by atoms with Gasteiger partial charge in [-0.2, -0.15) is 0 Å². The maximum Gasteiger partial charge on any atom is 0.292 e. The van der Waals surface area contributed by atoms with E-state index >= 15 is 0 Å². The van der Waals surface area contributed by atoms with Gasteiger partial charge in [-0.3, -0.25) is 14.9 Å². The van der Waals surface area contributed by atoms with Gasteiger partial charge in [0, 0.05) is 20.2 Å². The smallest absolute Gasteiger partial charge is 0.292 e. The number of nitro benzene ring substituents is 1. The van der Waals surface area contributed by atoms with Crippen LogP contribution in [0, 0.1) is 10.1 Å². The van der Waals surface area contributed by atoms with Gasteiger partial charge in [-0.15, -0.1) is 0 Å². The SMILES string of the molecule is C[C@H](Nc1ccccc1[N+](=O)[O-])C(=O)N(C)C. The van der Waals surface area contributed by atoms with E-state index in [4.69, 9.17) is 0 Å². The molecule has 0 bridgehead atoms. The van der Waals surface area contributed by atoms with Crippen molar-refractivity contribution in [3.63, 3.8) is 0 Å². The van der Waals surface area contributed by atoms with Gasteiger partial charge in [0.15, 0.2) is 0 Å². The molecule has 6 nitrogen and oxygen atoms in total. The molecule has 1 aromatic carbocycles. The lowest BCUT2D eigenvalue weighted by molar-refractivity contribution is -0.384. The van der Waals surface area contributed by atoms with Gasteiger partial charge in [0.1, 0.15) is 11.7 Å². The van der Waals surface area contributed by atoms with Crippen molar-refractivity contribution in [2.24, 2.45) is 0 Å². The summed E-state index contributed by atoms with van der Waals surface area (Å²) in [6, 6.07) is 5.74. The van der Waals surface area contributed by atoms with Crippen LogP contribution in [-0.4, -0.2) is 35.9 Å². The summed E-state index contributed by atoms with van der Waals surface area (Å²) >= 11 is 0. The summed E-state index contributed by atoms with van der Waals surface area (Å²) in [5, 5.41) is 13.6. The molecule has 1 amide bonds. The zero-order chi connectivity index (χ0) is 13.0. The minimum Gasteiger partial charge on any atom is -0.368 e. The van der Waals surface area contributed by atoms with Gasteiger partial charge in [0.05, 0.1) is 4.92 Å². The minimum atomic E-state index is -0.508. The summed E-state index contributed by atoms with van der Waals surface area (Å²) < 4.78 is 0. The summed E-state index contributed by atoms with van der Waals surface area (Å²) in [5.74, 6) is -0.136. The summed E-state index contributed by atoms with van der Waals surface area (Å²) in [6.45, 7) is 1.67. The van der Waals surface area contributed by atoms with Crippen molar-refractivity contribution in [3.05, 3.63) is 34.4 Å². The molecule has 0 radical (unpaired) electrons. The van der Waals surface area contributed by atoms with Crippen molar-refractivity contribution in [2.75, 3.05) is 19.4 Å². The van der Waals surface area contributed by atoms with Gasteiger partial charge in [0.2, 0.25) is 5.91 Å². The third kappa shape index (κ3) is 3.17. The van der Waals surface area contributed by atoms with Crippen molar-refractivity contribution < 1.29 is 9.72 Å². The van der Waals surface area contributed by atoms with Crippen LogP contribution in [0.5, 0.6) is 0 Å². The number of likely N-dealkylation sites (N-methyl/N-ethyl adjacent to an activating group) is 1. The number of carbonyl (C=O) groups is 1. The number of nitrogens with zero attached hydrogens (tertiary/aromatic N) is 2. The lowest BCUT2D eigenvalue weighted by Gasteiger charge is -2.18. The quantitative estimate of drug-likeness (QED) is 0.635. The van der Waals surface area contributed by atoms with E-state index < -0.39 is 11.0 Å². The number of rotatable bonds is 4. The Labute approximate surface area is 99.4 Å². The molecule has 1 aromatic rings. The Morgan fingerprint density at radius 2 is 2.00 bits per heavy atom. The monoisotopic (exact) mass is 237 g/mol. The van der Waals surface area contributed by atoms with Crippen LogP contribution in [0.2, 0.25) is 0 Å². The predicted octanol–water partition coefficient (Wildman–Crippen LogP) is 1.48. The minimum absolute atomic E-state index is 0.0362. The molecule has 1 rings (SSSR count). The van der Waals surface area contributed by atoms with Gasteiger partial charge >= 0.3 is 0 Å². The van der Waals surface area contributed by atoms with E-state index in [9.17, 15) is 14.9 Å². The highest BCUT2D eigenvalue weighted by atomic mass is 16.6. The fourth-order valence-corrected chi connectivity index (χ4v) is 1.44. The molecule has 0 saturated carbocycles. The zero-order valence-corrected chi connectivity index (χ0v) is 10.0. The summed E-state index contributed by atoms with van der Waals surface area (Å²) in [7, 11) is 3.28. The third-order valence-electron chi connectivity index (χ3n) is 2.28. The number of carbonyl (C=O) groups excluding carboxylic acids is 1. The molecule has 0 saturated heterocycles. The first-order valence-corrected chi connectivity index (χ1v) is 5.14. The van der Waals surface area contributed by atoms with Gasteiger partial charge in [0.25, 0.3) is 5.69 Å². The molecule has 92 valence electrons. The van der Waals surface area contributed by atoms with Crippen molar-refractivity contribution >= 4 is 17.3 Å². The van der Waals surface area contributed by atoms with E-state index in [1.54, 1.807) is 39.2 Å². The molecule has 1 atom stereocenters. The van der Waals surface area contributed by atoms with E-state index in [1.807, 2.05) is 0 Å². The first-order valence-electron chi connectivity index (χ1n) is 5.14. The number of nitro groups is 1. The highest BCUT2D eigenvalue weighted by molar-refractivity contribution is 5.84. The first kappa shape index (κ1) is 13.0. The van der Waals surface area contributed by atoms with Crippen LogP contribution in [-0.2, 0) is 4.79 Å². The molecule has 0 spiro atoms. The van der Waals surface area contributed by atoms with Crippen LogP contribution >= 0.6 is 0 Å². The second-order valence-corrected chi connectivity index (χ2v) is 3.87. The van der Waals surface area contributed by atoms with Crippen LogP contribution in [0.3, 0.4) is 0 Å². The molecule has 6 heteroatoms. The Kier molecular flexibility index (Phi) is 4.03. The molecule has 0 aromatic heterocycles. The number of para-hydroxylation sites is 2. The van der Waals surface area contributed by atoms with Crippen molar-refractivity contribution in [2.45, 2.75) is 13.0 Å². The molecular formula is C11H15N3O3. The Bertz CT molecular complexity index is 432. The molecule has 0 aliphatic heterocycles. The van der Waals surface area contributed by atoms with Gasteiger partial charge in [-0.25, -0.2) is 0 Å². The molecule has 0 heterocycles. The summed E-state index contributed by atoms with van der Waals surface area (Å²) in [5.41, 5.74) is 0.311. The number of nitrogens with one attached hydrogen (secondary N) is 1. The van der Waals surface area contributed by atoms with Gasteiger partial charge < -0.3 is 10.2 Å². The Hall–Kier alpha value is -2.11. The summed E-state index contributed by atoms with van der Waals surface area (Å²) in [4.78, 5) is 23.4. The van der Waals surface area contributed by atoms with E-state index in [-0.39, 0.29) is 11.6 Å². The molecule has 0 aliphatic carbocycles. The number of benzene rings is 1. The highest BCUT2D eigenvalue weighted by Crippen LogP contribution is 2.23. The van der Waals surface area contributed by atoms with E-state index in [0.717, 1.165) is 0 Å². The van der Waals surface area contributed by atoms with E-state index in [1.165, 1.54) is 11.0 Å². The average molecular weight is 237 g/mol. The Morgan fingerprint density at radius 1 is 1.41 bits per heavy atom. The summed E-state index contributed by atoms with van der Waals surface area (Å²) in [6.07, 6.45) is 0.